The minimum atomic E-state index is -5.05. The van der Waals surface area contributed by atoms with Gasteiger partial charge in [-0.05, 0) is 24.1 Å². The van der Waals surface area contributed by atoms with E-state index in [0.29, 0.717) is 0 Å². The molecule has 126 valence electrons. The molecule has 1 aromatic carbocycles. The van der Waals surface area contributed by atoms with E-state index in [2.05, 4.69) is 4.31 Å². The fraction of sp³-hybridized carbons (Fsp3) is 0.222. The molecule has 0 spiro atoms. The topological polar surface area (TPSA) is 208 Å². The number of carbonyl (C=O) groups is 1. The summed E-state index contributed by atoms with van der Waals surface area (Å²) in [6.45, 7) is 0. The van der Waals surface area contributed by atoms with Crippen LogP contribution in [0.2, 0.25) is 0 Å². The highest BCUT2D eigenvalue weighted by Crippen LogP contribution is 2.53. The van der Waals surface area contributed by atoms with Gasteiger partial charge in [0.2, 0.25) is 0 Å². The molecule has 0 amide bonds. The number of aliphatic carboxylic acids is 1. The first kappa shape index (κ1) is 20.7. The Morgan fingerprint density at radius 1 is 1.09 bits per heavy atom. The molecule has 0 radical (unpaired) electrons. The first-order valence-electron chi connectivity index (χ1n) is 5.39. The molecule has 1 aromatic rings. The predicted molar refractivity (Wildman–Crippen MR) is 72.6 cm³/mol. The number of nitrogens with two attached hydrogens (primary N) is 1. The largest absolute Gasteiger partial charge is 0.508 e. The van der Waals surface area contributed by atoms with Gasteiger partial charge in [0.25, 0.3) is 0 Å². The molecule has 8 N–H and O–H groups in total. The summed E-state index contributed by atoms with van der Waals surface area (Å²) in [6, 6.07) is 5.42. The highest BCUT2D eigenvalue weighted by molar-refractivity contribution is 7.60. The third-order valence-electron chi connectivity index (χ3n) is 1.92. The number of hydrogen-bond donors (Lipinski definition) is 7. The van der Waals surface area contributed by atoms with E-state index >= 15 is 0 Å². The molecule has 1 atom stereocenters. The molecule has 0 aliphatic heterocycles. The zero-order chi connectivity index (χ0) is 17.6. The molecule has 22 heavy (non-hydrogen) atoms. The van der Waals surface area contributed by atoms with Crippen molar-refractivity contribution < 1.29 is 48.0 Å². The summed E-state index contributed by atoms with van der Waals surface area (Å²) in [6.07, 6.45) is 0.273. The quantitative estimate of drug-likeness (QED) is 0.334. The van der Waals surface area contributed by atoms with Gasteiger partial charge in [-0.25, -0.2) is 9.13 Å². The van der Waals surface area contributed by atoms with E-state index in [1.54, 1.807) is 12.1 Å². The average molecular weight is 359 g/mol. The minimum absolute atomic E-state index is 0.160. The molecule has 1 rings (SSSR count). The molecule has 0 fully saturated rings. The number of hydrogen-bond acceptors (Lipinski definition) is 6. The summed E-state index contributed by atoms with van der Waals surface area (Å²) in [5, 5.41) is 17.5. The summed E-state index contributed by atoms with van der Waals surface area (Å²) < 4.78 is 22.2. The van der Waals surface area contributed by atoms with Gasteiger partial charge in [-0.1, -0.05) is 12.1 Å². The number of phosphoric acid groups is 2. The van der Waals surface area contributed by atoms with E-state index in [1.807, 2.05) is 0 Å². The summed E-state index contributed by atoms with van der Waals surface area (Å²) in [5.74, 6) is -0.860. The number of phenols is 1. The van der Waals surface area contributed by atoms with Crippen LogP contribution in [0.3, 0.4) is 0 Å². The van der Waals surface area contributed by atoms with Crippen LogP contribution in [0, 0.1) is 0 Å². The SMILES string of the molecule is NC(Cc1ccc(O)cc1)C(=O)O.O=P(O)(O)OP(=O)(O)O. The Morgan fingerprint density at radius 2 is 1.50 bits per heavy atom. The second kappa shape index (κ2) is 8.37. The van der Waals surface area contributed by atoms with Crippen molar-refractivity contribution in [1.82, 2.24) is 0 Å². The highest BCUT2D eigenvalue weighted by atomic mass is 31.3. The van der Waals surface area contributed by atoms with Crippen molar-refractivity contribution in [3.8, 4) is 5.75 Å². The van der Waals surface area contributed by atoms with E-state index in [9.17, 15) is 13.9 Å². The van der Waals surface area contributed by atoms with Gasteiger partial charge in [0.15, 0.2) is 0 Å². The maximum Gasteiger partial charge on any atom is 0.478 e. The molecule has 13 heteroatoms. The molecular formula is C9H15NO10P2. The molecule has 0 aliphatic rings. The van der Waals surface area contributed by atoms with Gasteiger partial charge in [0, 0.05) is 0 Å². The number of phenolic OH excluding ortho intramolecular Hbond substituents is 1. The summed E-state index contributed by atoms with van der Waals surface area (Å²) in [5.41, 5.74) is 6.12. The third kappa shape index (κ3) is 11.4. The van der Waals surface area contributed by atoms with E-state index in [1.165, 1.54) is 12.1 Å². The Kier molecular flexibility index (Phi) is 7.88. The van der Waals surface area contributed by atoms with Crippen molar-refractivity contribution in [2.45, 2.75) is 12.5 Å². The Hall–Kier alpha value is -1.29. The van der Waals surface area contributed by atoms with E-state index in [0.717, 1.165) is 5.56 Å². The van der Waals surface area contributed by atoms with Gasteiger partial charge in [-0.15, -0.1) is 0 Å². The minimum Gasteiger partial charge on any atom is -0.508 e. The predicted octanol–water partition coefficient (Wildman–Crippen LogP) is -0.465. The van der Waals surface area contributed by atoms with Crippen molar-refractivity contribution >= 4 is 21.6 Å². The molecule has 0 aromatic heterocycles. The van der Waals surface area contributed by atoms with Crippen molar-refractivity contribution in [1.29, 1.82) is 0 Å². The maximum atomic E-state index is 10.4. The van der Waals surface area contributed by atoms with Crippen molar-refractivity contribution in [3.63, 3.8) is 0 Å². The van der Waals surface area contributed by atoms with Gasteiger partial charge in [0.05, 0.1) is 0 Å². The lowest BCUT2D eigenvalue weighted by Crippen LogP contribution is -2.32. The van der Waals surface area contributed by atoms with Gasteiger partial charge >= 0.3 is 21.6 Å². The number of rotatable bonds is 5. The second-order valence-corrected chi connectivity index (χ2v) is 6.49. The Bertz CT molecular complexity index is 557. The zero-order valence-corrected chi connectivity index (χ0v) is 12.7. The smallest absolute Gasteiger partial charge is 0.478 e. The van der Waals surface area contributed by atoms with Crippen LogP contribution in [0.4, 0.5) is 0 Å². The van der Waals surface area contributed by atoms with Crippen LogP contribution in [-0.2, 0) is 24.7 Å². The summed E-state index contributed by atoms with van der Waals surface area (Å²) in [4.78, 5) is 41.4. The first-order valence-corrected chi connectivity index (χ1v) is 8.45. The van der Waals surface area contributed by atoms with E-state index in [4.69, 9.17) is 35.5 Å². The fourth-order valence-corrected chi connectivity index (χ4v) is 2.22. The van der Waals surface area contributed by atoms with Crippen LogP contribution in [-0.4, -0.2) is 41.8 Å². The maximum absolute atomic E-state index is 10.4. The van der Waals surface area contributed by atoms with Crippen LogP contribution in [0.5, 0.6) is 5.75 Å². The Balaban J connectivity index is 0.000000433. The van der Waals surface area contributed by atoms with Crippen LogP contribution in [0.25, 0.3) is 0 Å². The molecule has 0 bridgehead atoms. The number of carboxylic acid groups (broad SMARTS) is 1. The standard InChI is InChI=1S/C9H11NO3.H4O7P2/c10-8(9(12)13)5-6-1-3-7(11)4-2-6;1-8(2,3)7-9(4,5)6/h1-4,8,11H,5,10H2,(H,12,13);(H2,1,2,3)(H2,4,5,6). The average Bonchev–Trinajstić information content (AvgIpc) is 2.28. The molecular weight excluding hydrogens is 344 g/mol. The van der Waals surface area contributed by atoms with Crippen LogP contribution in [0.1, 0.15) is 5.56 Å². The molecule has 11 nitrogen and oxygen atoms in total. The number of carboxylic acids is 1. The Labute approximate surface area is 124 Å². The normalized spacial score (nSPS) is 13.0. The van der Waals surface area contributed by atoms with Crippen molar-refractivity contribution in [3.05, 3.63) is 29.8 Å². The molecule has 1 unspecified atom stereocenters. The first-order chi connectivity index (χ1) is 9.80. The van der Waals surface area contributed by atoms with Crippen LogP contribution >= 0.6 is 15.6 Å². The van der Waals surface area contributed by atoms with E-state index in [-0.39, 0.29) is 12.2 Å². The lowest BCUT2D eigenvalue weighted by molar-refractivity contribution is -0.138. The fourth-order valence-electron chi connectivity index (χ4n) is 1.11. The van der Waals surface area contributed by atoms with Gasteiger partial charge in [0.1, 0.15) is 11.8 Å². The van der Waals surface area contributed by atoms with Gasteiger partial charge in [-0.3, -0.25) is 4.79 Å². The molecule has 0 saturated carbocycles. The molecule has 0 aliphatic carbocycles. The van der Waals surface area contributed by atoms with Gasteiger partial charge in [-0.2, -0.15) is 4.31 Å². The molecule has 0 saturated heterocycles. The Morgan fingerprint density at radius 3 is 1.77 bits per heavy atom. The number of aromatic hydroxyl groups is 1. The molecule has 0 heterocycles. The lowest BCUT2D eigenvalue weighted by atomic mass is 10.1. The zero-order valence-electron chi connectivity index (χ0n) is 10.9. The van der Waals surface area contributed by atoms with Gasteiger partial charge < -0.3 is 35.5 Å². The highest BCUT2D eigenvalue weighted by Gasteiger charge is 2.27. The van der Waals surface area contributed by atoms with Crippen molar-refractivity contribution in [2.75, 3.05) is 0 Å². The van der Waals surface area contributed by atoms with Crippen LogP contribution in [0.15, 0.2) is 24.3 Å². The van der Waals surface area contributed by atoms with E-state index < -0.39 is 27.7 Å². The second-order valence-electron chi connectivity index (χ2n) is 3.88. The monoisotopic (exact) mass is 359 g/mol. The number of benzene rings is 1. The lowest BCUT2D eigenvalue weighted by Gasteiger charge is -2.05. The third-order valence-corrected chi connectivity index (χ3v) is 3.62. The summed E-state index contributed by atoms with van der Waals surface area (Å²) in [7, 11) is -10.1. The van der Waals surface area contributed by atoms with Crippen molar-refractivity contribution in [2.24, 2.45) is 5.73 Å². The van der Waals surface area contributed by atoms with Crippen LogP contribution < -0.4 is 5.73 Å². The summed E-state index contributed by atoms with van der Waals surface area (Å²) >= 11 is 0.